The van der Waals surface area contributed by atoms with Crippen LogP contribution in [0, 0.1) is 13.8 Å². The van der Waals surface area contributed by atoms with Crippen molar-refractivity contribution in [2.24, 2.45) is 0 Å². The molecule has 3 aromatic carbocycles. The van der Waals surface area contributed by atoms with Crippen LogP contribution in [0.5, 0.6) is 0 Å². The summed E-state index contributed by atoms with van der Waals surface area (Å²) in [7, 11) is -4.00. The average Bonchev–Trinajstić information content (AvgIpc) is 2.87. The lowest BCUT2D eigenvalue weighted by Gasteiger charge is -2.26. The molecule has 0 saturated heterocycles. The lowest BCUT2D eigenvalue weighted by atomic mass is 9.89. The topological polar surface area (TPSA) is 66.5 Å². The summed E-state index contributed by atoms with van der Waals surface area (Å²) < 4.78 is 28.5. The molecule has 0 aromatic heterocycles. The van der Waals surface area contributed by atoms with E-state index in [1.807, 2.05) is 20.8 Å². The molecule has 0 fully saturated rings. The van der Waals surface area contributed by atoms with Gasteiger partial charge in [0, 0.05) is 5.02 Å². The monoisotopic (exact) mass is 524 g/mol. The molecular formula is C29H33ClN2O3S. The van der Waals surface area contributed by atoms with Gasteiger partial charge in [-0.15, -0.1) is 0 Å². The molecule has 3 aromatic rings. The van der Waals surface area contributed by atoms with Gasteiger partial charge in [-0.2, -0.15) is 0 Å². The van der Waals surface area contributed by atoms with Crippen molar-refractivity contribution >= 4 is 33.2 Å². The fourth-order valence-corrected chi connectivity index (χ4v) is 6.24. The number of nitrogens with zero attached hydrogens (tertiary/aromatic N) is 1. The second kappa shape index (κ2) is 11.1. The Bertz CT molecular complexity index is 1350. The number of carbonyl (C=O) groups excluding carboxylic acids is 1. The van der Waals surface area contributed by atoms with E-state index in [9.17, 15) is 13.2 Å². The SMILES string of the molecule is CC[C@@H](NC(=O)CN(c1ccc(C)c(Cl)c1)S(=O)(=O)c1ccc(C)cc1)c1ccc2c(c1)CCCC2. The van der Waals surface area contributed by atoms with Crippen molar-refractivity contribution < 1.29 is 13.2 Å². The fraction of sp³-hybridized carbons (Fsp3) is 0.345. The summed E-state index contributed by atoms with van der Waals surface area (Å²) >= 11 is 6.33. The molecule has 0 aliphatic heterocycles. The van der Waals surface area contributed by atoms with E-state index >= 15 is 0 Å². The Balaban J connectivity index is 1.62. The molecule has 0 heterocycles. The number of hydrogen-bond donors (Lipinski definition) is 1. The number of nitrogens with one attached hydrogen (secondary N) is 1. The van der Waals surface area contributed by atoms with Crippen molar-refractivity contribution in [1.29, 1.82) is 0 Å². The minimum atomic E-state index is -4.00. The Kier molecular flexibility index (Phi) is 8.06. The van der Waals surface area contributed by atoms with Crippen LogP contribution in [0.25, 0.3) is 0 Å². The van der Waals surface area contributed by atoms with Crippen LogP contribution in [0.1, 0.15) is 60.0 Å². The Morgan fingerprint density at radius 3 is 2.33 bits per heavy atom. The number of aryl methyl sites for hydroxylation is 4. The molecule has 1 N–H and O–H groups in total. The van der Waals surface area contributed by atoms with Crippen LogP contribution in [0.4, 0.5) is 5.69 Å². The lowest BCUT2D eigenvalue weighted by molar-refractivity contribution is -0.120. The summed E-state index contributed by atoms with van der Waals surface area (Å²) in [6.07, 6.45) is 5.26. The standard InChI is InChI=1S/C29H33ClN2O3S/c1-4-28(24-13-12-22-7-5-6-8-23(22)17-24)31-29(33)19-32(25-14-11-21(3)27(30)18-25)36(34,35)26-15-9-20(2)10-16-26/h9-18,28H,4-8,19H2,1-3H3,(H,31,33)/t28-/m1/s1. The zero-order valence-corrected chi connectivity index (χ0v) is 22.6. The summed E-state index contributed by atoms with van der Waals surface area (Å²) in [5, 5.41) is 3.51. The minimum absolute atomic E-state index is 0.124. The normalized spacial score (nSPS) is 14.1. The molecule has 5 nitrogen and oxygen atoms in total. The molecule has 1 aliphatic rings. The highest BCUT2D eigenvalue weighted by Crippen LogP contribution is 2.29. The third-order valence-electron chi connectivity index (χ3n) is 6.86. The van der Waals surface area contributed by atoms with E-state index in [1.54, 1.807) is 42.5 Å². The molecule has 7 heteroatoms. The minimum Gasteiger partial charge on any atom is -0.348 e. The maximum atomic E-state index is 13.7. The van der Waals surface area contributed by atoms with E-state index in [1.165, 1.54) is 24.0 Å². The molecule has 36 heavy (non-hydrogen) atoms. The number of amides is 1. The summed E-state index contributed by atoms with van der Waals surface area (Å²) in [5.41, 5.74) is 5.92. The first kappa shape index (κ1) is 26.2. The number of sulfonamides is 1. The fourth-order valence-electron chi connectivity index (χ4n) is 4.65. The molecule has 0 bridgehead atoms. The van der Waals surface area contributed by atoms with Crippen LogP contribution < -0.4 is 9.62 Å². The van der Waals surface area contributed by atoms with Crippen LogP contribution in [-0.2, 0) is 27.7 Å². The first-order chi connectivity index (χ1) is 17.2. The van der Waals surface area contributed by atoms with Gasteiger partial charge < -0.3 is 5.32 Å². The van der Waals surface area contributed by atoms with Crippen LogP contribution in [0.2, 0.25) is 5.02 Å². The third kappa shape index (κ3) is 5.76. The number of carbonyl (C=O) groups is 1. The average molecular weight is 525 g/mol. The first-order valence-corrected chi connectivity index (χ1v) is 14.3. The largest absolute Gasteiger partial charge is 0.348 e. The quantitative estimate of drug-likeness (QED) is 0.376. The van der Waals surface area contributed by atoms with Crippen molar-refractivity contribution in [3.05, 3.63) is 93.5 Å². The van der Waals surface area contributed by atoms with Crippen LogP contribution in [-0.4, -0.2) is 20.9 Å². The Morgan fingerprint density at radius 1 is 0.972 bits per heavy atom. The van der Waals surface area contributed by atoms with Gasteiger partial charge in [0.05, 0.1) is 16.6 Å². The van der Waals surface area contributed by atoms with E-state index in [2.05, 4.69) is 23.5 Å². The molecule has 4 rings (SSSR count). The molecule has 190 valence electrons. The summed E-state index contributed by atoms with van der Waals surface area (Å²) in [5.74, 6) is -0.369. The number of anilines is 1. The second-order valence-corrected chi connectivity index (χ2v) is 11.8. The molecule has 1 aliphatic carbocycles. The molecule has 0 unspecified atom stereocenters. The van der Waals surface area contributed by atoms with Crippen LogP contribution >= 0.6 is 11.6 Å². The van der Waals surface area contributed by atoms with Crippen molar-refractivity contribution in [1.82, 2.24) is 5.32 Å². The van der Waals surface area contributed by atoms with Gasteiger partial charge in [0.15, 0.2) is 0 Å². The molecule has 0 saturated carbocycles. The van der Waals surface area contributed by atoms with E-state index in [0.29, 0.717) is 17.1 Å². The van der Waals surface area contributed by atoms with Crippen molar-refractivity contribution in [2.75, 3.05) is 10.8 Å². The smallest absolute Gasteiger partial charge is 0.264 e. The highest BCUT2D eigenvalue weighted by molar-refractivity contribution is 7.92. The number of fused-ring (bicyclic) bond motifs is 1. The Morgan fingerprint density at radius 2 is 1.67 bits per heavy atom. The first-order valence-electron chi connectivity index (χ1n) is 12.5. The molecule has 1 atom stereocenters. The van der Waals surface area contributed by atoms with Crippen molar-refractivity contribution in [2.45, 2.75) is 63.8 Å². The van der Waals surface area contributed by atoms with Gasteiger partial charge in [-0.3, -0.25) is 9.10 Å². The number of halogens is 1. The van der Waals surface area contributed by atoms with E-state index in [4.69, 9.17) is 11.6 Å². The maximum Gasteiger partial charge on any atom is 0.264 e. The van der Waals surface area contributed by atoms with Gasteiger partial charge >= 0.3 is 0 Å². The summed E-state index contributed by atoms with van der Waals surface area (Å²) in [4.78, 5) is 13.4. The van der Waals surface area contributed by atoms with E-state index in [-0.39, 0.29) is 23.4 Å². The molecule has 0 radical (unpaired) electrons. The van der Waals surface area contributed by atoms with Crippen molar-refractivity contribution in [3.63, 3.8) is 0 Å². The third-order valence-corrected chi connectivity index (χ3v) is 9.05. The predicted octanol–water partition coefficient (Wildman–Crippen LogP) is 6.30. The second-order valence-electron chi connectivity index (χ2n) is 9.52. The number of benzene rings is 3. The van der Waals surface area contributed by atoms with Gasteiger partial charge in [-0.1, -0.05) is 60.5 Å². The summed E-state index contributed by atoms with van der Waals surface area (Å²) in [6, 6.07) is 17.9. The molecule has 0 spiro atoms. The summed E-state index contributed by atoms with van der Waals surface area (Å²) in [6.45, 7) is 5.41. The lowest BCUT2D eigenvalue weighted by Crippen LogP contribution is -2.42. The Labute approximate surface area is 219 Å². The van der Waals surface area contributed by atoms with Gasteiger partial charge in [-0.25, -0.2) is 8.42 Å². The highest BCUT2D eigenvalue weighted by atomic mass is 35.5. The predicted molar refractivity (Wildman–Crippen MR) is 146 cm³/mol. The highest BCUT2D eigenvalue weighted by Gasteiger charge is 2.28. The van der Waals surface area contributed by atoms with Gasteiger partial charge in [0.25, 0.3) is 10.0 Å². The van der Waals surface area contributed by atoms with Crippen molar-refractivity contribution in [3.8, 4) is 0 Å². The van der Waals surface area contributed by atoms with Gasteiger partial charge in [0.2, 0.25) is 5.91 Å². The maximum absolute atomic E-state index is 13.7. The Hall–Kier alpha value is -2.83. The van der Waals surface area contributed by atoms with Gasteiger partial charge in [0.1, 0.15) is 6.54 Å². The van der Waals surface area contributed by atoms with E-state index < -0.39 is 10.0 Å². The number of rotatable bonds is 8. The van der Waals surface area contributed by atoms with E-state index in [0.717, 1.165) is 33.8 Å². The zero-order valence-electron chi connectivity index (χ0n) is 21.1. The molecule has 1 amide bonds. The van der Waals surface area contributed by atoms with Crippen LogP contribution in [0.15, 0.2) is 65.6 Å². The van der Waals surface area contributed by atoms with Gasteiger partial charge in [-0.05, 0) is 92.5 Å². The molecular weight excluding hydrogens is 492 g/mol. The zero-order chi connectivity index (χ0) is 25.9. The van der Waals surface area contributed by atoms with Crippen LogP contribution in [0.3, 0.4) is 0 Å². The number of hydrogen-bond acceptors (Lipinski definition) is 3.